The Labute approximate surface area is 110 Å². The zero-order valence-electron chi connectivity index (χ0n) is 11.3. The van der Waals surface area contributed by atoms with Crippen molar-refractivity contribution in [2.75, 3.05) is 0 Å². The van der Waals surface area contributed by atoms with E-state index < -0.39 is 24.0 Å². The average molecular weight is 270 g/mol. The van der Waals surface area contributed by atoms with Crippen molar-refractivity contribution in [2.45, 2.75) is 45.8 Å². The van der Waals surface area contributed by atoms with E-state index in [0.29, 0.717) is 11.5 Å². The van der Waals surface area contributed by atoms with Crippen LogP contribution in [-0.4, -0.2) is 39.4 Å². The zero-order valence-corrected chi connectivity index (χ0v) is 11.3. The lowest BCUT2D eigenvalue weighted by Gasteiger charge is -2.17. The maximum atomic E-state index is 12.1. The number of aliphatic carboxylic acids is 1. The molecule has 0 fully saturated rings. The number of carbonyl (C=O) groups is 2. The van der Waals surface area contributed by atoms with Crippen molar-refractivity contribution < 1.29 is 24.3 Å². The number of carboxylic acids is 1. The van der Waals surface area contributed by atoms with Gasteiger partial charge in [-0.15, -0.1) is 0 Å². The maximum absolute atomic E-state index is 12.1. The molecule has 0 aliphatic heterocycles. The van der Waals surface area contributed by atoms with Crippen molar-refractivity contribution in [1.29, 1.82) is 0 Å². The van der Waals surface area contributed by atoms with Crippen LogP contribution in [0.5, 0.6) is 0 Å². The number of rotatable bonds is 5. The summed E-state index contributed by atoms with van der Waals surface area (Å²) in [6, 6.07) is -1.37. The summed E-state index contributed by atoms with van der Waals surface area (Å²) in [5.41, 5.74) is 0.609. The standard InChI is InChI=1S/C12H18N2O5/c1-5(2)10-8(6(3)14-19-10)11(16)13-9(7(4)15)12(17)18/h5,7,9,15H,1-4H3,(H,13,16)(H,17,18)/t7-,9+/m1/s1. The summed E-state index contributed by atoms with van der Waals surface area (Å²) in [6.07, 6.45) is -1.20. The summed E-state index contributed by atoms with van der Waals surface area (Å²) < 4.78 is 5.06. The number of carbonyl (C=O) groups excluding carboxylic acids is 1. The normalized spacial score (nSPS) is 14.2. The van der Waals surface area contributed by atoms with Gasteiger partial charge in [-0.25, -0.2) is 4.79 Å². The number of aliphatic hydroxyl groups excluding tert-OH is 1. The van der Waals surface area contributed by atoms with E-state index in [2.05, 4.69) is 10.5 Å². The lowest BCUT2D eigenvalue weighted by Crippen LogP contribution is -2.47. The Hall–Kier alpha value is -1.89. The molecule has 2 atom stereocenters. The highest BCUT2D eigenvalue weighted by Crippen LogP contribution is 2.22. The molecule has 1 aromatic rings. The summed E-state index contributed by atoms with van der Waals surface area (Å²) in [7, 11) is 0. The van der Waals surface area contributed by atoms with Crippen LogP contribution < -0.4 is 5.32 Å². The molecule has 7 nitrogen and oxygen atoms in total. The smallest absolute Gasteiger partial charge is 0.328 e. The van der Waals surface area contributed by atoms with E-state index in [1.807, 2.05) is 13.8 Å². The van der Waals surface area contributed by atoms with Gasteiger partial charge >= 0.3 is 5.97 Å². The zero-order chi connectivity index (χ0) is 14.7. The largest absolute Gasteiger partial charge is 0.480 e. The number of aliphatic hydroxyl groups is 1. The summed E-state index contributed by atoms with van der Waals surface area (Å²) in [4.78, 5) is 23.0. The minimum Gasteiger partial charge on any atom is -0.480 e. The van der Waals surface area contributed by atoms with Gasteiger partial charge < -0.3 is 20.1 Å². The second kappa shape index (κ2) is 5.83. The van der Waals surface area contributed by atoms with Crippen molar-refractivity contribution in [3.05, 3.63) is 17.0 Å². The molecule has 0 unspecified atom stereocenters. The molecule has 106 valence electrons. The number of carboxylic acid groups (broad SMARTS) is 1. The first-order chi connectivity index (χ1) is 8.75. The van der Waals surface area contributed by atoms with E-state index >= 15 is 0 Å². The molecule has 0 aliphatic carbocycles. The molecule has 0 saturated carbocycles. The Kier molecular flexibility index (Phi) is 4.66. The predicted molar refractivity (Wildman–Crippen MR) is 65.9 cm³/mol. The highest BCUT2D eigenvalue weighted by atomic mass is 16.5. The molecule has 0 aromatic carbocycles. The highest BCUT2D eigenvalue weighted by molar-refractivity contribution is 5.98. The molecule has 0 saturated heterocycles. The predicted octanol–water partition coefficient (Wildman–Crippen LogP) is 0.670. The third-order valence-electron chi connectivity index (χ3n) is 2.68. The fourth-order valence-corrected chi connectivity index (χ4v) is 1.66. The Balaban J connectivity index is 3.01. The fourth-order valence-electron chi connectivity index (χ4n) is 1.66. The molecule has 0 radical (unpaired) electrons. The minimum atomic E-state index is -1.37. The van der Waals surface area contributed by atoms with Gasteiger partial charge in [0.05, 0.1) is 11.8 Å². The molecular weight excluding hydrogens is 252 g/mol. The van der Waals surface area contributed by atoms with Crippen molar-refractivity contribution in [3.63, 3.8) is 0 Å². The molecule has 1 aromatic heterocycles. The van der Waals surface area contributed by atoms with E-state index in [0.717, 1.165) is 0 Å². The molecule has 1 amide bonds. The van der Waals surface area contributed by atoms with Crippen molar-refractivity contribution in [2.24, 2.45) is 0 Å². The van der Waals surface area contributed by atoms with Crippen LogP contribution in [0, 0.1) is 6.92 Å². The van der Waals surface area contributed by atoms with Gasteiger partial charge in [0.2, 0.25) is 0 Å². The number of hydrogen-bond donors (Lipinski definition) is 3. The first-order valence-corrected chi connectivity index (χ1v) is 5.93. The van der Waals surface area contributed by atoms with Gasteiger partial charge in [-0.2, -0.15) is 0 Å². The van der Waals surface area contributed by atoms with Gasteiger partial charge in [0.25, 0.3) is 5.91 Å². The van der Waals surface area contributed by atoms with Gasteiger partial charge in [0.1, 0.15) is 5.56 Å². The van der Waals surface area contributed by atoms with Gasteiger partial charge in [0, 0.05) is 5.92 Å². The van der Waals surface area contributed by atoms with E-state index in [9.17, 15) is 14.7 Å². The Bertz CT molecular complexity index is 478. The number of aryl methyl sites for hydroxylation is 1. The van der Waals surface area contributed by atoms with Gasteiger partial charge in [-0.3, -0.25) is 4.79 Å². The molecule has 0 bridgehead atoms. The summed E-state index contributed by atoms with van der Waals surface area (Å²) in [5, 5.41) is 24.2. The van der Waals surface area contributed by atoms with Crippen LogP contribution >= 0.6 is 0 Å². The Morgan fingerprint density at radius 1 is 1.32 bits per heavy atom. The quantitative estimate of drug-likeness (QED) is 0.724. The van der Waals surface area contributed by atoms with Gasteiger partial charge in [-0.1, -0.05) is 19.0 Å². The van der Waals surface area contributed by atoms with Crippen LogP contribution in [0.3, 0.4) is 0 Å². The average Bonchev–Trinajstić information content (AvgIpc) is 2.66. The minimum absolute atomic E-state index is 0.0585. The summed E-state index contributed by atoms with van der Waals surface area (Å²) in [6.45, 7) is 6.56. The van der Waals surface area contributed by atoms with Gasteiger partial charge in [-0.05, 0) is 13.8 Å². The third kappa shape index (κ3) is 3.31. The van der Waals surface area contributed by atoms with Crippen LogP contribution in [0.1, 0.15) is 48.5 Å². The Morgan fingerprint density at radius 3 is 2.32 bits per heavy atom. The number of nitrogens with zero attached hydrogens (tertiary/aromatic N) is 1. The van der Waals surface area contributed by atoms with Crippen molar-refractivity contribution in [1.82, 2.24) is 10.5 Å². The summed E-state index contributed by atoms with van der Waals surface area (Å²) in [5.74, 6) is -1.58. The first-order valence-electron chi connectivity index (χ1n) is 5.93. The topological polar surface area (TPSA) is 113 Å². The molecule has 1 heterocycles. The van der Waals surface area contributed by atoms with Gasteiger partial charge in [0.15, 0.2) is 11.8 Å². The second-order valence-electron chi connectivity index (χ2n) is 4.69. The lowest BCUT2D eigenvalue weighted by molar-refractivity contribution is -0.141. The lowest BCUT2D eigenvalue weighted by atomic mass is 10.0. The maximum Gasteiger partial charge on any atom is 0.328 e. The van der Waals surface area contributed by atoms with Crippen LogP contribution in [-0.2, 0) is 4.79 Å². The molecular formula is C12H18N2O5. The van der Waals surface area contributed by atoms with Crippen LogP contribution in [0.2, 0.25) is 0 Å². The monoisotopic (exact) mass is 270 g/mol. The van der Waals surface area contributed by atoms with E-state index in [-0.39, 0.29) is 11.5 Å². The Morgan fingerprint density at radius 2 is 1.89 bits per heavy atom. The molecule has 0 spiro atoms. The molecule has 7 heteroatoms. The van der Waals surface area contributed by atoms with E-state index in [4.69, 9.17) is 9.63 Å². The van der Waals surface area contributed by atoms with Crippen molar-refractivity contribution >= 4 is 11.9 Å². The van der Waals surface area contributed by atoms with Crippen LogP contribution in [0.15, 0.2) is 4.52 Å². The number of hydrogen-bond acceptors (Lipinski definition) is 5. The highest BCUT2D eigenvalue weighted by Gasteiger charge is 2.29. The fraction of sp³-hybridized carbons (Fsp3) is 0.583. The molecule has 19 heavy (non-hydrogen) atoms. The van der Waals surface area contributed by atoms with Crippen molar-refractivity contribution in [3.8, 4) is 0 Å². The van der Waals surface area contributed by atoms with Crippen LogP contribution in [0.4, 0.5) is 0 Å². The van der Waals surface area contributed by atoms with E-state index in [1.54, 1.807) is 6.92 Å². The SMILES string of the molecule is Cc1noc(C(C)C)c1C(=O)N[C@H](C(=O)O)[C@@H](C)O. The summed E-state index contributed by atoms with van der Waals surface area (Å²) >= 11 is 0. The molecule has 1 rings (SSSR count). The van der Waals surface area contributed by atoms with E-state index in [1.165, 1.54) is 6.92 Å². The number of aromatic nitrogens is 1. The third-order valence-corrected chi connectivity index (χ3v) is 2.68. The van der Waals surface area contributed by atoms with Crippen LogP contribution in [0.25, 0.3) is 0 Å². The molecule has 0 aliphatic rings. The molecule has 3 N–H and O–H groups in total. The number of nitrogens with one attached hydrogen (secondary N) is 1. The number of amides is 1. The first kappa shape index (κ1) is 15.2. The second-order valence-corrected chi connectivity index (χ2v) is 4.69.